The Labute approximate surface area is 158 Å². The maximum absolute atomic E-state index is 12.5. The van der Waals surface area contributed by atoms with Crippen molar-refractivity contribution in [1.29, 1.82) is 0 Å². The van der Waals surface area contributed by atoms with Crippen molar-refractivity contribution < 1.29 is 14.3 Å². The van der Waals surface area contributed by atoms with E-state index in [4.69, 9.17) is 9.47 Å². The Morgan fingerprint density at radius 1 is 1.04 bits per heavy atom. The second kappa shape index (κ2) is 8.84. The lowest BCUT2D eigenvalue weighted by Gasteiger charge is -2.12. The smallest absolute Gasteiger partial charge is 0.257 e. The summed E-state index contributed by atoms with van der Waals surface area (Å²) >= 11 is 0. The topological polar surface area (TPSA) is 78.3 Å². The molecule has 0 fully saturated rings. The number of nitrogens with zero attached hydrogens (tertiary/aromatic N) is 3. The first-order valence-corrected chi connectivity index (χ1v) is 8.83. The molecule has 0 aliphatic rings. The predicted molar refractivity (Wildman–Crippen MR) is 102 cm³/mol. The van der Waals surface area contributed by atoms with Crippen LogP contribution in [0.15, 0.2) is 55.0 Å². The molecule has 7 nitrogen and oxygen atoms in total. The number of amides is 1. The zero-order chi connectivity index (χ0) is 19.1. The first kappa shape index (κ1) is 18.4. The summed E-state index contributed by atoms with van der Waals surface area (Å²) in [7, 11) is 0. The molecular formula is C20H22N4O3. The Kier molecular flexibility index (Phi) is 6.04. The average Bonchev–Trinajstić information content (AvgIpc) is 3.11. The molecule has 3 rings (SSSR count). The van der Waals surface area contributed by atoms with Crippen LogP contribution in [0.1, 0.15) is 29.8 Å². The van der Waals surface area contributed by atoms with Gasteiger partial charge in [-0.05, 0) is 49.7 Å². The van der Waals surface area contributed by atoms with E-state index in [1.165, 1.54) is 0 Å². The minimum absolute atomic E-state index is 0.256. The van der Waals surface area contributed by atoms with Crippen LogP contribution in [0, 0.1) is 0 Å². The number of rotatable bonds is 8. The van der Waals surface area contributed by atoms with Crippen LogP contribution in [0.5, 0.6) is 11.5 Å². The van der Waals surface area contributed by atoms with Crippen LogP contribution in [0.3, 0.4) is 0 Å². The summed E-state index contributed by atoms with van der Waals surface area (Å²) in [5.74, 6) is 1.40. The van der Waals surface area contributed by atoms with Crippen LogP contribution in [-0.2, 0) is 6.54 Å². The first-order chi connectivity index (χ1) is 13.2. The quantitative estimate of drug-likeness (QED) is 0.661. The standard InChI is InChI=1S/C20H22N4O3/c1-3-26-17-6-5-16(13-18(17)27-4-2)20(25)22-19-9-12-24(23-19)14-15-7-10-21-11-8-15/h5-13H,3-4,14H2,1-2H3,(H,22,23,25). The molecule has 0 saturated heterocycles. The Morgan fingerprint density at radius 3 is 2.52 bits per heavy atom. The number of ether oxygens (including phenoxy) is 2. The summed E-state index contributed by atoms with van der Waals surface area (Å²) in [6.45, 7) is 5.41. The number of pyridine rings is 1. The normalized spacial score (nSPS) is 10.4. The molecule has 0 aliphatic heterocycles. The van der Waals surface area contributed by atoms with Gasteiger partial charge >= 0.3 is 0 Å². The van der Waals surface area contributed by atoms with Crippen LogP contribution in [0.2, 0.25) is 0 Å². The summed E-state index contributed by atoms with van der Waals surface area (Å²) in [5, 5.41) is 7.19. The summed E-state index contributed by atoms with van der Waals surface area (Å²) in [6.07, 6.45) is 5.30. The highest BCUT2D eigenvalue weighted by molar-refractivity contribution is 6.04. The summed E-state index contributed by atoms with van der Waals surface area (Å²) in [6, 6.07) is 10.7. The molecule has 0 bridgehead atoms. The fraction of sp³-hybridized carbons (Fsp3) is 0.250. The van der Waals surface area contributed by atoms with E-state index >= 15 is 0 Å². The number of hydrogen-bond donors (Lipinski definition) is 1. The molecule has 27 heavy (non-hydrogen) atoms. The van der Waals surface area contributed by atoms with Crippen LogP contribution < -0.4 is 14.8 Å². The number of hydrogen-bond acceptors (Lipinski definition) is 5. The third-order valence-corrected chi connectivity index (χ3v) is 3.78. The SMILES string of the molecule is CCOc1ccc(C(=O)Nc2ccn(Cc3ccncc3)n2)cc1OCC. The Hall–Kier alpha value is -3.35. The Balaban J connectivity index is 1.69. The van der Waals surface area contributed by atoms with Gasteiger partial charge in [-0.25, -0.2) is 0 Å². The molecule has 2 heterocycles. The molecule has 0 spiro atoms. The number of carbonyl (C=O) groups is 1. The van der Waals surface area contributed by atoms with Crippen molar-refractivity contribution in [3.05, 3.63) is 66.1 Å². The Morgan fingerprint density at radius 2 is 1.78 bits per heavy atom. The van der Waals surface area contributed by atoms with Gasteiger partial charge in [0.25, 0.3) is 5.91 Å². The van der Waals surface area contributed by atoms with Crippen LogP contribution in [-0.4, -0.2) is 33.9 Å². The number of aromatic nitrogens is 3. The number of benzene rings is 1. The third kappa shape index (κ3) is 4.84. The van der Waals surface area contributed by atoms with Gasteiger partial charge in [0.05, 0.1) is 19.8 Å². The maximum atomic E-state index is 12.5. The molecule has 140 valence electrons. The highest BCUT2D eigenvalue weighted by atomic mass is 16.5. The van der Waals surface area contributed by atoms with Crippen LogP contribution >= 0.6 is 0 Å². The number of anilines is 1. The van der Waals surface area contributed by atoms with E-state index in [9.17, 15) is 4.79 Å². The molecule has 1 N–H and O–H groups in total. The van der Waals surface area contributed by atoms with Crippen molar-refractivity contribution in [3.8, 4) is 11.5 Å². The van der Waals surface area contributed by atoms with Crippen LogP contribution in [0.4, 0.5) is 5.82 Å². The zero-order valence-electron chi connectivity index (χ0n) is 15.4. The van der Waals surface area contributed by atoms with E-state index in [1.54, 1.807) is 41.3 Å². The van der Waals surface area contributed by atoms with E-state index in [1.807, 2.05) is 32.2 Å². The fourth-order valence-electron chi connectivity index (χ4n) is 2.57. The van der Waals surface area contributed by atoms with Crippen LogP contribution in [0.25, 0.3) is 0 Å². The molecule has 0 unspecified atom stereocenters. The highest BCUT2D eigenvalue weighted by Crippen LogP contribution is 2.28. The van der Waals surface area contributed by atoms with Crippen molar-refractivity contribution >= 4 is 11.7 Å². The van der Waals surface area contributed by atoms with E-state index in [0.717, 1.165) is 5.56 Å². The monoisotopic (exact) mass is 366 g/mol. The zero-order valence-corrected chi connectivity index (χ0v) is 15.4. The minimum atomic E-state index is -0.256. The molecule has 1 aromatic carbocycles. The minimum Gasteiger partial charge on any atom is -0.490 e. The summed E-state index contributed by atoms with van der Waals surface area (Å²) in [4.78, 5) is 16.5. The Bertz CT molecular complexity index is 893. The van der Waals surface area contributed by atoms with Crippen molar-refractivity contribution in [1.82, 2.24) is 14.8 Å². The van der Waals surface area contributed by atoms with E-state index in [2.05, 4.69) is 15.4 Å². The maximum Gasteiger partial charge on any atom is 0.257 e. The molecule has 2 aromatic heterocycles. The highest BCUT2D eigenvalue weighted by Gasteiger charge is 2.13. The molecule has 7 heteroatoms. The second-order valence-electron chi connectivity index (χ2n) is 5.74. The van der Waals surface area contributed by atoms with Gasteiger partial charge < -0.3 is 14.8 Å². The number of carbonyl (C=O) groups excluding carboxylic acids is 1. The van der Waals surface area contributed by atoms with Crippen molar-refractivity contribution in [2.24, 2.45) is 0 Å². The lowest BCUT2D eigenvalue weighted by atomic mass is 10.2. The van der Waals surface area contributed by atoms with Crippen molar-refractivity contribution in [3.63, 3.8) is 0 Å². The predicted octanol–water partition coefficient (Wildman–Crippen LogP) is 3.38. The van der Waals surface area contributed by atoms with Gasteiger partial charge in [-0.3, -0.25) is 14.5 Å². The van der Waals surface area contributed by atoms with Gasteiger partial charge in [0.1, 0.15) is 0 Å². The summed E-state index contributed by atoms with van der Waals surface area (Å²) in [5.41, 5.74) is 1.56. The molecule has 3 aromatic rings. The van der Waals surface area contributed by atoms with Crippen molar-refractivity contribution in [2.75, 3.05) is 18.5 Å². The van der Waals surface area contributed by atoms with Gasteiger partial charge in [0.2, 0.25) is 0 Å². The van der Waals surface area contributed by atoms with Gasteiger partial charge in [-0.2, -0.15) is 5.10 Å². The van der Waals surface area contributed by atoms with Gasteiger partial charge in [0, 0.05) is 30.2 Å². The lowest BCUT2D eigenvalue weighted by Crippen LogP contribution is -2.13. The molecule has 0 radical (unpaired) electrons. The van der Waals surface area contributed by atoms with E-state index in [0.29, 0.717) is 42.6 Å². The largest absolute Gasteiger partial charge is 0.490 e. The van der Waals surface area contributed by atoms with Gasteiger partial charge in [-0.1, -0.05) is 0 Å². The molecule has 1 amide bonds. The first-order valence-electron chi connectivity index (χ1n) is 8.83. The molecule has 0 atom stereocenters. The van der Waals surface area contributed by atoms with Crippen molar-refractivity contribution in [2.45, 2.75) is 20.4 Å². The van der Waals surface area contributed by atoms with Gasteiger partial charge in [0.15, 0.2) is 17.3 Å². The molecular weight excluding hydrogens is 344 g/mol. The second-order valence-corrected chi connectivity index (χ2v) is 5.74. The lowest BCUT2D eigenvalue weighted by molar-refractivity contribution is 0.102. The van der Waals surface area contributed by atoms with E-state index in [-0.39, 0.29) is 5.91 Å². The average molecular weight is 366 g/mol. The molecule has 0 saturated carbocycles. The fourth-order valence-corrected chi connectivity index (χ4v) is 2.57. The molecule has 0 aliphatic carbocycles. The third-order valence-electron chi connectivity index (χ3n) is 3.78. The number of nitrogens with one attached hydrogen (secondary N) is 1. The van der Waals surface area contributed by atoms with Gasteiger partial charge in [-0.15, -0.1) is 0 Å². The van der Waals surface area contributed by atoms with E-state index < -0.39 is 0 Å². The summed E-state index contributed by atoms with van der Waals surface area (Å²) < 4.78 is 12.9.